The monoisotopic (exact) mass is 345 g/mol. The van der Waals surface area contributed by atoms with E-state index in [1.807, 2.05) is 0 Å². The second-order valence-corrected chi connectivity index (χ2v) is 6.31. The van der Waals surface area contributed by atoms with Crippen LogP contribution in [0.4, 0.5) is 0 Å². The standard InChI is InChI=1S/C13H17Br2N/c1-3-13-10(6-8(2)16-13)9-4-5-11(14)12(15)7-9/h4-5,7-8,10,13,16H,3,6H2,1-2H3. The van der Waals surface area contributed by atoms with Gasteiger partial charge in [-0.2, -0.15) is 0 Å². The zero-order valence-electron chi connectivity index (χ0n) is 9.63. The Kier molecular flexibility index (Phi) is 4.09. The van der Waals surface area contributed by atoms with E-state index in [0.717, 1.165) is 8.95 Å². The molecule has 0 radical (unpaired) electrons. The molecule has 0 bridgehead atoms. The normalized spacial score (nSPS) is 29.6. The third-order valence-electron chi connectivity index (χ3n) is 3.40. The van der Waals surface area contributed by atoms with Gasteiger partial charge >= 0.3 is 0 Å². The Balaban J connectivity index is 2.26. The minimum Gasteiger partial charge on any atom is -0.311 e. The van der Waals surface area contributed by atoms with Crippen LogP contribution in [0.2, 0.25) is 0 Å². The summed E-state index contributed by atoms with van der Waals surface area (Å²) in [5.41, 5.74) is 1.44. The van der Waals surface area contributed by atoms with Gasteiger partial charge in [0.15, 0.2) is 0 Å². The van der Waals surface area contributed by atoms with Crippen LogP contribution >= 0.6 is 31.9 Å². The average Bonchev–Trinajstić information content (AvgIpc) is 2.63. The molecule has 3 atom stereocenters. The van der Waals surface area contributed by atoms with Crippen molar-refractivity contribution in [3.8, 4) is 0 Å². The molecule has 1 N–H and O–H groups in total. The lowest BCUT2D eigenvalue weighted by Gasteiger charge is -2.18. The molecule has 1 aromatic rings. The lowest BCUT2D eigenvalue weighted by atomic mass is 9.90. The highest BCUT2D eigenvalue weighted by Crippen LogP contribution is 2.35. The van der Waals surface area contributed by atoms with Gasteiger partial charge in [-0.3, -0.25) is 0 Å². The number of hydrogen-bond donors (Lipinski definition) is 1. The molecule has 0 spiro atoms. The summed E-state index contributed by atoms with van der Waals surface area (Å²) >= 11 is 7.10. The Hall–Kier alpha value is 0.140. The first-order valence-corrected chi connectivity index (χ1v) is 7.41. The Morgan fingerprint density at radius 1 is 1.31 bits per heavy atom. The van der Waals surface area contributed by atoms with E-state index < -0.39 is 0 Å². The molecule has 0 amide bonds. The van der Waals surface area contributed by atoms with Crippen LogP contribution < -0.4 is 5.32 Å². The van der Waals surface area contributed by atoms with Crippen LogP contribution in [-0.4, -0.2) is 12.1 Å². The molecule has 2 rings (SSSR count). The highest BCUT2D eigenvalue weighted by atomic mass is 79.9. The van der Waals surface area contributed by atoms with E-state index in [0.29, 0.717) is 18.0 Å². The molecule has 1 aliphatic heterocycles. The number of halogens is 2. The van der Waals surface area contributed by atoms with E-state index in [4.69, 9.17) is 0 Å². The Labute approximate surface area is 114 Å². The molecule has 1 aliphatic rings. The summed E-state index contributed by atoms with van der Waals surface area (Å²) in [7, 11) is 0. The van der Waals surface area contributed by atoms with Gasteiger partial charge in [-0.05, 0) is 69.3 Å². The average molecular weight is 347 g/mol. The minimum atomic E-state index is 0.628. The maximum atomic E-state index is 3.66. The minimum absolute atomic E-state index is 0.628. The smallest absolute Gasteiger partial charge is 0.0320 e. The van der Waals surface area contributed by atoms with Crippen molar-refractivity contribution < 1.29 is 0 Å². The van der Waals surface area contributed by atoms with Crippen LogP contribution in [0.1, 0.15) is 38.2 Å². The van der Waals surface area contributed by atoms with Crippen molar-refractivity contribution in [2.24, 2.45) is 0 Å². The summed E-state index contributed by atoms with van der Waals surface area (Å²) in [6.45, 7) is 4.53. The van der Waals surface area contributed by atoms with Gasteiger partial charge in [0.1, 0.15) is 0 Å². The first-order chi connectivity index (χ1) is 7.61. The fourth-order valence-electron chi connectivity index (χ4n) is 2.61. The number of benzene rings is 1. The molecule has 1 nitrogen and oxygen atoms in total. The Morgan fingerprint density at radius 3 is 2.69 bits per heavy atom. The summed E-state index contributed by atoms with van der Waals surface area (Å²) < 4.78 is 2.28. The van der Waals surface area contributed by atoms with E-state index in [9.17, 15) is 0 Å². The Morgan fingerprint density at radius 2 is 2.06 bits per heavy atom. The second kappa shape index (κ2) is 5.19. The molecule has 1 heterocycles. The first kappa shape index (κ1) is 12.6. The van der Waals surface area contributed by atoms with Crippen molar-refractivity contribution >= 4 is 31.9 Å². The molecule has 88 valence electrons. The van der Waals surface area contributed by atoms with Gasteiger partial charge < -0.3 is 5.32 Å². The zero-order valence-corrected chi connectivity index (χ0v) is 12.8. The quantitative estimate of drug-likeness (QED) is 0.833. The maximum absolute atomic E-state index is 3.66. The van der Waals surface area contributed by atoms with Crippen molar-refractivity contribution in [2.45, 2.75) is 44.7 Å². The molecular formula is C13H17Br2N. The van der Waals surface area contributed by atoms with Crippen LogP contribution in [0.3, 0.4) is 0 Å². The van der Waals surface area contributed by atoms with Gasteiger partial charge in [-0.15, -0.1) is 0 Å². The highest BCUT2D eigenvalue weighted by Gasteiger charge is 2.31. The number of hydrogen-bond acceptors (Lipinski definition) is 1. The molecule has 0 saturated carbocycles. The van der Waals surface area contributed by atoms with Gasteiger partial charge in [0, 0.05) is 26.9 Å². The summed E-state index contributed by atoms with van der Waals surface area (Å²) in [5.74, 6) is 0.657. The fourth-order valence-corrected chi connectivity index (χ4v) is 3.25. The molecule has 0 aliphatic carbocycles. The lowest BCUT2D eigenvalue weighted by molar-refractivity contribution is 0.517. The predicted octanol–water partition coefficient (Wildman–Crippen LogP) is 4.46. The SMILES string of the molecule is CCC1NC(C)CC1c1ccc(Br)c(Br)c1. The maximum Gasteiger partial charge on any atom is 0.0320 e. The third kappa shape index (κ3) is 2.52. The Bertz CT molecular complexity index is 378. The fraction of sp³-hybridized carbons (Fsp3) is 0.538. The molecule has 1 saturated heterocycles. The van der Waals surface area contributed by atoms with Gasteiger partial charge in [0.2, 0.25) is 0 Å². The van der Waals surface area contributed by atoms with Crippen molar-refractivity contribution in [1.29, 1.82) is 0 Å². The van der Waals surface area contributed by atoms with Crippen molar-refractivity contribution in [2.75, 3.05) is 0 Å². The van der Waals surface area contributed by atoms with Crippen LogP contribution in [0.5, 0.6) is 0 Å². The van der Waals surface area contributed by atoms with Crippen LogP contribution in [-0.2, 0) is 0 Å². The molecule has 0 aromatic heterocycles. The van der Waals surface area contributed by atoms with Crippen molar-refractivity contribution in [3.63, 3.8) is 0 Å². The van der Waals surface area contributed by atoms with Crippen molar-refractivity contribution in [3.05, 3.63) is 32.7 Å². The summed E-state index contributed by atoms with van der Waals surface area (Å²) in [6, 6.07) is 7.88. The van der Waals surface area contributed by atoms with Gasteiger partial charge in [-0.25, -0.2) is 0 Å². The van der Waals surface area contributed by atoms with Gasteiger partial charge in [0.25, 0.3) is 0 Å². The van der Waals surface area contributed by atoms with E-state index in [2.05, 4.69) is 69.2 Å². The molecule has 3 heteroatoms. The molecule has 3 unspecified atom stereocenters. The highest BCUT2D eigenvalue weighted by molar-refractivity contribution is 9.13. The van der Waals surface area contributed by atoms with Crippen LogP contribution in [0, 0.1) is 0 Å². The summed E-state index contributed by atoms with van der Waals surface area (Å²) in [4.78, 5) is 0. The summed E-state index contributed by atoms with van der Waals surface area (Å²) in [5, 5.41) is 3.66. The van der Waals surface area contributed by atoms with E-state index >= 15 is 0 Å². The van der Waals surface area contributed by atoms with Crippen LogP contribution in [0.25, 0.3) is 0 Å². The second-order valence-electron chi connectivity index (χ2n) is 4.60. The number of rotatable bonds is 2. The molecule has 16 heavy (non-hydrogen) atoms. The van der Waals surface area contributed by atoms with E-state index in [1.165, 1.54) is 18.4 Å². The zero-order chi connectivity index (χ0) is 11.7. The van der Waals surface area contributed by atoms with E-state index in [-0.39, 0.29) is 0 Å². The van der Waals surface area contributed by atoms with Gasteiger partial charge in [0.05, 0.1) is 0 Å². The topological polar surface area (TPSA) is 12.0 Å². The number of nitrogens with one attached hydrogen (secondary N) is 1. The first-order valence-electron chi connectivity index (χ1n) is 5.82. The van der Waals surface area contributed by atoms with E-state index in [1.54, 1.807) is 0 Å². The van der Waals surface area contributed by atoms with Gasteiger partial charge in [-0.1, -0.05) is 13.0 Å². The predicted molar refractivity (Wildman–Crippen MR) is 75.9 cm³/mol. The third-order valence-corrected chi connectivity index (χ3v) is 5.28. The molecule has 1 aromatic carbocycles. The molecule has 1 fully saturated rings. The molecular weight excluding hydrogens is 330 g/mol. The largest absolute Gasteiger partial charge is 0.311 e. The van der Waals surface area contributed by atoms with Crippen LogP contribution in [0.15, 0.2) is 27.1 Å². The summed E-state index contributed by atoms with van der Waals surface area (Å²) in [6.07, 6.45) is 2.44. The van der Waals surface area contributed by atoms with Crippen molar-refractivity contribution in [1.82, 2.24) is 5.32 Å². The lowest BCUT2D eigenvalue weighted by Crippen LogP contribution is -2.28.